The lowest BCUT2D eigenvalue weighted by molar-refractivity contribution is 0.00754. The summed E-state index contributed by atoms with van der Waals surface area (Å²) >= 11 is 0. The molecule has 0 radical (unpaired) electrons. The quantitative estimate of drug-likeness (QED) is 0.824. The predicted octanol–water partition coefficient (Wildman–Crippen LogP) is 3.03. The fraction of sp³-hybridized carbons (Fsp3) is 0.500. The van der Waals surface area contributed by atoms with E-state index in [1.54, 1.807) is 0 Å². The third-order valence-electron chi connectivity index (χ3n) is 3.71. The lowest BCUT2D eigenvalue weighted by Crippen LogP contribution is -2.34. The highest BCUT2D eigenvalue weighted by Crippen LogP contribution is 2.50. The molecule has 0 spiro atoms. The van der Waals surface area contributed by atoms with Crippen LogP contribution in [0.5, 0.6) is 0 Å². The normalized spacial score (nSPS) is 19.6. The molecule has 1 aliphatic rings. The van der Waals surface area contributed by atoms with Gasteiger partial charge in [0.1, 0.15) is 0 Å². The van der Waals surface area contributed by atoms with Crippen molar-refractivity contribution in [2.24, 2.45) is 5.41 Å². The summed E-state index contributed by atoms with van der Waals surface area (Å²) in [6.45, 7) is 4.03. The van der Waals surface area contributed by atoms with Crippen molar-refractivity contribution in [1.82, 2.24) is 0 Å². The van der Waals surface area contributed by atoms with Crippen LogP contribution in [-0.2, 0) is 0 Å². The highest BCUT2D eigenvalue weighted by Gasteiger charge is 2.44. The molecule has 1 aromatic rings. The van der Waals surface area contributed by atoms with Gasteiger partial charge >= 0.3 is 0 Å². The summed E-state index contributed by atoms with van der Waals surface area (Å²) in [5.41, 5.74) is 2.65. The molecule has 2 heteroatoms. The Balaban J connectivity index is 2.34. The molecule has 0 amide bonds. The van der Waals surface area contributed by atoms with E-state index in [4.69, 9.17) is 0 Å². The molecule has 84 valence electrons. The lowest BCUT2D eigenvalue weighted by atomic mass is 9.64. The molecule has 16 heavy (non-hydrogen) atoms. The molecular formula is C14H17NO. The Labute approximate surface area is 96.5 Å². The van der Waals surface area contributed by atoms with Gasteiger partial charge in [0.2, 0.25) is 0 Å². The molecule has 0 aliphatic heterocycles. The van der Waals surface area contributed by atoms with Crippen LogP contribution in [0.3, 0.4) is 0 Å². The number of rotatable bonds is 2. The minimum Gasteiger partial charge on any atom is -0.387 e. The molecule has 1 atom stereocenters. The van der Waals surface area contributed by atoms with Gasteiger partial charge in [0.15, 0.2) is 0 Å². The fourth-order valence-electron chi connectivity index (χ4n) is 2.43. The first kappa shape index (κ1) is 11.2. The van der Waals surface area contributed by atoms with Gasteiger partial charge in [-0.15, -0.1) is 0 Å². The zero-order valence-electron chi connectivity index (χ0n) is 9.83. The molecule has 1 aromatic carbocycles. The monoisotopic (exact) mass is 215 g/mol. The Hall–Kier alpha value is -1.33. The Kier molecular flexibility index (Phi) is 2.73. The van der Waals surface area contributed by atoms with E-state index in [-0.39, 0.29) is 0 Å². The molecule has 2 nitrogen and oxygen atoms in total. The summed E-state index contributed by atoms with van der Waals surface area (Å²) in [5, 5.41) is 19.5. The van der Waals surface area contributed by atoms with Gasteiger partial charge in [0.25, 0.3) is 0 Å². The SMILES string of the molecule is Cc1ccc(C(O)C2(C#N)CCC2)c(C)c1. The lowest BCUT2D eigenvalue weighted by Gasteiger charge is -2.39. The van der Waals surface area contributed by atoms with E-state index in [2.05, 4.69) is 12.1 Å². The minimum atomic E-state index is -0.633. The zero-order chi connectivity index (χ0) is 11.8. The van der Waals surface area contributed by atoms with Crippen molar-refractivity contribution in [1.29, 1.82) is 5.26 Å². The van der Waals surface area contributed by atoms with Gasteiger partial charge in [-0.25, -0.2) is 0 Å². The molecule has 1 aliphatic carbocycles. The fourth-order valence-corrected chi connectivity index (χ4v) is 2.43. The summed E-state index contributed by atoms with van der Waals surface area (Å²) in [6, 6.07) is 8.31. The first-order chi connectivity index (χ1) is 7.59. The summed E-state index contributed by atoms with van der Waals surface area (Å²) < 4.78 is 0. The van der Waals surface area contributed by atoms with Gasteiger partial charge < -0.3 is 5.11 Å². The molecule has 0 heterocycles. The van der Waals surface area contributed by atoms with E-state index in [1.807, 2.05) is 26.0 Å². The van der Waals surface area contributed by atoms with Crippen LogP contribution in [0.1, 0.15) is 42.1 Å². The van der Waals surface area contributed by atoms with Crippen LogP contribution in [0.2, 0.25) is 0 Å². The Bertz CT molecular complexity index is 441. The molecule has 0 aromatic heterocycles. The number of hydrogen-bond acceptors (Lipinski definition) is 2. The highest BCUT2D eigenvalue weighted by molar-refractivity contribution is 5.34. The molecule has 0 saturated heterocycles. The molecular weight excluding hydrogens is 198 g/mol. The first-order valence-corrected chi connectivity index (χ1v) is 5.75. The van der Waals surface area contributed by atoms with Gasteiger partial charge in [-0.1, -0.05) is 30.2 Å². The molecule has 0 bridgehead atoms. The smallest absolute Gasteiger partial charge is 0.0978 e. The largest absolute Gasteiger partial charge is 0.387 e. The maximum Gasteiger partial charge on any atom is 0.0978 e. The van der Waals surface area contributed by atoms with E-state index in [1.165, 1.54) is 5.56 Å². The van der Waals surface area contributed by atoms with Crippen LogP contribution in [0.4, 0.5) is 0 Å². The minimum absolute atomic E-state index is 0.528. The third-order valence-corrected chi connectivity index (χ3v) is 3.71. The van der Waals surface area contributed by atoms with E-state index in [0.29, 0.717) is 0 Å². The topological polar surface area (TPSA) is 44.0 Å². The standard InChI is InChI=1S/C14H17NO/c1-10-4-5-12(11(2)8-10)13(16)14(9-15)6-3-7-14/h4-5,8,13,16H,3,6-7H2,1-2H3. The molecule has 1 unspecified atom stereocenters. The van der Waals surface area contributed by atoms with Crippen LogP contribution in [0, 0.1) is 30.6 Å². The predicted molar refractivity (Wildman–Crippen MR) is 62.8 cm³/mol. The number of hydrogen-bond donors (Lipinski definition) is 1. The second-order valence-corrected chi connectivity index (χ2v) is 4.88. The van der Waals surface area contributed by atoms with Gasteiger partial charge in [-0.2, -0.15) is 5.26 Å². The molecule has 2 rings (SSSR count). The summed E-state index contributed by atoms with van der Waals surface area (Å²) in [4.78, 5) is 0. The van der Waals surface area contributed by atoms with E-state index in [9.17, 15) is 10.4 Å². The van der Waals surface area contributed by atoms with E-state index < -0.39 is 11.5 Å². The number of benzene rings is 1. The summed E-state index contributed by atoms with van der Waals surface area (Å²) in [6.07, 6.45) is 2.05. The summed E-state index contributed by atoms with van der Waals surface area (Å²) in [7, 11) is 0. The van der Waals surface area contributed by atoms with Crippen LogP contribution in [-0.4, -0.2) is 5.11 Å². The Morgan fingerprint density at radius 3 is 2.50 bits per heavy atom. The number of nitriles is 1. The number of nitrogens with zero attached hydrogens (tertiary/aromatic N) is 1. The molecule has 1 saturated carbocycles. The average Bonchev–Trinajstić information content (AvgIpc) is 2.16. The Morgan fingerprint density at radius 2 is 2.06 bits per heavy atom. The van der Waals surface area contributed by atoms with Crippen molar-refractivity contribution in [2.45, 2.75) is 39.2 Å². The van der Waals surface area contributed by atoms with E-state index >= 15 is 0 Å². The molecule has 1 N–H and O–H groups in total. The highest BCUT2D eigenvalue weighted by atomic mass is 16.3. The summed E-state index contributed by atoms with van der Waals surface area (Å²) in [5.74, 6) is 0. The number of aliphatic hydroxyl groups is 1. The van der Waals surface area contributed by atoms with E-state index in [0.717, 1.165) is 30.4 Å². The second kappa shape index (κ2) is 3.92. The Morgan fingerprint density at radius 1 is 1.38 bits per heavy atom. The van der Waals surface area contributed by atoms with Crippen LogP contribution >= 0.6 is 0 Å². The molecule has 1 fully saturated rings. The second-order valence-electron chi connectivity index (χ2n) is 4.88. The third kappa shape index (κ3) is 1.62. The number of aliphatic hydroxyl groups excluding tert-OH is 1. The van der Waals surface area contributed by atoms with Crippen LogP contribution < -0.4 is 0 Å². The van der Waals surface area contributed by atoms with Crippen molar-refractivity contribution in [3.8, 4) is 6.07 Å². The maximum absolute atomic E-state index is 10.3. The van der Waals surface area contributed by atoms with Gasteiger partial charge in [-0.3, -0.25) is 0 Å². The maximum atomic E-state index is 10.3. The van der Waals surface area contributed by atoms with Gasteiger partial charge in [-0.05, 0) is 37.8 Å². The average molecular weight is 215 g/mol. The van der Waals surface area contributed by atoms with Crippen molar-refractivity contribution < 1.29 is 5.11 Å². The van der Waals surface area contributed by atoms with Crippen LogP contribution in [0.25, 0.3) is 0 Å². The van der Waals surface area contributed by atoms with Crippen molar-refractivity contribution in [3.63, 3.8) is 0 Å². The van der Waals surface area contributed by atoms with Gasteiger partial charge in [0, 0.05) is 0 Å². The van der Waals surface area contributed by atoms with Crippen molar-refractivity contribution >= 4 is 0 Å². The zero-order valence-corrected chi connectivity index (χ0v) is 9.83. The van der Waals surface area contributed by atoms with Crippen molar-refractivity contribution in [2.75, 3.05) is 0 Å². The number of aryl methyl sites for hydroxylation is 2. The first-order valence-electron chi connectivity index (χ1n) is 5.75. The van der Waals surface area contributed by atoms with Crippen LogP contribution in [0.15, 0.2) is 18.2 Å². The van der Waals surface area contributed by atoms with Crippen molar-refractivity contribution in [3.05, 3.63) is 34.9 Å². The van der Waals surface area contributed by atoms with Gasteiger partial charge in [0.05, 0.1) is 17.6 Å².